The SMILES string of the molecule is c1csc(C(NC2CC3CC2C2CCCC32)C2CC2)c1. The first kappa shape index (κ1) is 12.2. The first-order valence-corrected chi connectivity index (χ1v) is 9.57. The van der Waals surface area contributed by atoms with Gasteiger partial charge in [0.25, 0.3) is 0 Å². The molecule has 2 bridgehead atoms. The normalized spacial score (nSPS) is 43.9. The van der Waals surface area contributed by atoms with Crippen LogP contribution in [0.5, 0.6) is 0 Å². The second-order valence-electron chi connectivity index (χ2n) is 7.76. The molecule has 1 heterocycles. The molecule has 108 valence electrons. The maximum atomic E-state index is 4.13. The summed E-state index contributed by atoms with van der Waals surface area (Å²) in [6.07, 6.45) is 10.5. The highest BCUT2D eigenvalue weighted by molar-refractivity contribution is 7.10. The third kappa shape index (κ3) is 1.84. The molecule has 1 aromatic heterocycles. The van der Waals surface area contributed by atoms with E-state index in [1.165, 1.54) is 32.1 Å². The maximum absolute atomic E-state index is 4.13. The number of rotatable bonds is 4. The molecule has 4 aliphatic rings. The van der Waals surface area contributed by atoms with Crippen LogP contribution >= 0.6 is 11.3 Å². The largest absolute Gasteiger partial charge is 0.306 e. The van der Waals surface area contributed by atoms with E-state index in [1.807, 2.05) is 11.3 Å². The van der Waals surface area contributed by atoms with Gasteiger partial charge in [-0.05, 0) is 79.6 Å². The van der Waals surface area contributed by atoms with E-state index in [0.717, 1.165) is 35.6 Å². The number of hydrogen-bond donors (Lipinski definition) is 1. The molecule has 1 nitrogen and oxygen atoms in total. The summed E-state index contributed by atoms with van der Waals surface area (Å²) >= 11 is 1.96. The molecule has 0 aromatic carbocycles. The van der Waals surface area contributed by atoms with Crippen LogP contribution in [0.15, 0.2) is 17.5 Å². The Balaban J connectivity index is 1.34. The van der Waals surface area contributed by atoms with Crippen molar-refractivity contribution >= 4 is 11.3 Å². The van der Waals surface area contributed by atoms with Gasteiger partial charge in [-0.3, -0.25) is 0 Å². The molecule has 0 radical (unpaired) electrons. The average Bonchev–Trinajstić information content (AvgIpc) is 2.94. The van der Waals surface area contributed by atoms with Crippen molar-refractivity contribution < 1.29 is 0 Å². The van der Waals surface area contributed by atoms with Crippen molar-refractivity contribution in [3.8, 4) is 0 Å². The van der Waals surface area contributed by atoms with E-state index in [1.54, 1.807) is 17.7 Å². The fraction of sp³-hybridized carbons (Fsp3) is 0.778. The molecule has 6 unspecified atom stereocenters. The fourth-order valence-corrected chi connectivity index (χ4v) is 6.72. The van der Waals surface area contributed by atoms with Crippen LogP contribution in [0.4, 0.5) is 0 Å². The summed E-state index contributed by atoms with van der Waals surface area (Å²) in [7, 11) is 0. The Labute approximate surface area is 126 Å². The van der Waals surface area contributed by atoms with Crippen LogP contribution in [0, 0.1) is 29.6 Å². The molecular formula is C18H25NS. The molecule has 1 N–H and O–H groups in total. The first-order valence-electron chi connectivity index (χ1n) is 8.69. The van der Waals surface area contributed by atoms with Crippen molar-refractivity contribution in [2.75, 3.05) is 0 Å². The Kier molecular flexibility index (Phi) is 2.80. The molecule has 0 amide bonds. The third-order valence-electron chi connectivity index (χ3n) is 6.77. The molecule has 0 aliphatic heterocycles. The van der Waals surface area contributed by atoms with E-state index in [-0.39, 0.29) is 0 Å². The van der Waals surface area contributed by atoms with Crippen LogP contribution in [0.2, 0.25) is 0 Å². The van der Waals surface area contributed by atoms with Crippen LogP contribution < -0.4 is 5.32 Å². The first-order chi connectivity index (χ1) is 9.90. The Morgan fingerprint density at radius 1 is 1.05 bits per heavy atom. The molecule has 20 heavy (non-hydrogen) atoms. The van der Waals surface area contributed by atoms with Gasteiger partial charge in [-0.1, -0.05) is 12.5 Å². The lowest BCUT2D eigenvalue weighted by atomic mass is 9.79. The van der Waals surface area contributed by atoms with Crippen molar-refractivity contribution in [2.45, 2.75) is 57.0 Å². The van der Waals surface area contributed by atoms with Gasteiger partial charge in [0.2, 0.25) is 0 Å². The summed E-state index contributed by atoms with van der Waals surface area (Å²) in [5.41, 5.74) is 0. The third-order valence-corrected chi connectivity index (χ3v) is 7.72. The summed E-state index contributed by atoms with van der Waals surface area (Å²) in [6, 6.07) is 6.10. The molecule has 2 heteroatoms. The van der Waals surface area contributed by atoms with Gasteiger partial charge in [-0.2, -0.15) is 0 Å². The van der Waals surface area contributed by atoms with E-state index >= 15 is 0 Å². The molecular weight excluding hydrogens is 262 g/mol. The van der Waals surface area contributed by atoms with Gasteiger partial charge in [0.05, 0.1) is 0 Å². The summed E-state index contributed by atoms with van der Waals surface area (Å²) in [5, 5.41) is 6.38. The van der Waals surface area contributed by atoms with Crippen molar-refractivity contribution in [2.24, 2.45) is 29.6 Å². The zero-order valence-electron chi connectivity index (χ0n) is 12.1. The van der Waals surface area contributed by atoms with Crippen LogP contribution in [0.25, 0.3) is 0 Å². The Hall–Kier alpha value is -0.340. The summed E-state index contributed by atoms with van der Waals surface area (Å²) in [5.74, 6) is 5.25. The van der Waals surface area contributed by atoms with Gasteiger partial charge in [0.1, 0.15) is 0 Å². The summed E-state index contributed by atoms with van der Waals surface area (Å²) in [4.78, 5) is 1.60. The molecule has 4 fully saturated rings. The van der Waals surface area contributed by atoms with Gasteiger partial charge in [0, 0.05) is 17.0 Å². The predicted molar refractivity (Wildman–Crippen MR) is 83.8 cm³/mol. The van der Waals surface area contributed by atoms with E-state index in [9.17, 15) is 0 Å². The predicted octanol–water partition coefficient (Wildman–Crippen LogP) is 4.61. The fourth-order valence-electron chi connectivity index (χ4n) is 5.84. The molecule has 0 spiro atoms. The van der Waals surface area contributed by atoms with Crippen LogP contribution in [-0.4, -0.2) is 6.04 Å². The van der Waals surface area contributed by atoms with Crippen LogP contribution in [0.3, 0.4) is 0 Å². The number of hydrogen-bond acceptors (Lipinski definition) is 2. The number of nitrogens with one attached hydrogen (secondary N) is 1. The lowest BCUT2D eigenvalue weighted by Gasteiger charge is -2.34. The second-order valence-corrected chi connectivity index (χ2v) is 8.74. The molecule has 1 aromatic rings. The minimum absolute atomic E-state index is 0.680. The van der Waals surface area contributed by atoms with Gasteiger partial charge in [-0.25, -0.2) is 0 Å². The van der Waals surface area contributed by atoms with E-state index in [2.05, 4.69) is 22.8 Å². The minimum Gasteiger partial charge on any atom is -0.306 e. The van der Waals surface area contributed by atoms with E-state index in [0.29, 0.717) is 6.04 Å². The van der Waals surface area contributed by atoms with E-state index in [4.69, 9.17) is 0 Å². The lowest BCUT2D eigenvalue weighted by molar-refractivity contribution is 0.194. The summed E-state index contributed by atoms with van der Waals surface area (Å²) < 4.78 is 0. The van der Waals surface area contributed by atoms with Gasteiger partial charge in [-0.15, -0.1) is 11.3 Å². The zero-order chi connectivity index (χ0) is 13.1. The highest BCUT2D eigenvalue weighted by Gasteiger charge is 2.54. The average molecular weight is 287 g/mol. The topological polar surface area (TPSA) is 12.0 Å². The Morgan fingerprint density at radius 3 is 2.75 bits per heavy atom. The highest BCUT2D eigenvalue weighted by Crippen LogP contribution is 2.59. The highest BCUT2D eigenvalue weighted by atomic mass is 32.1. The zero-order valence-corrected chi connectivity index (χ0v) is 12.9. The number of fused-ring (bicyclic) bond motifs is 5. The molecule has 0 saturated heterocycles. The molecule has 4 aliphatic carbocycles. The Morgan fingerprint density at radius 2 is 1.95 bits per heavy atom. The van der Waals surface area contributed by atoms with Crippen molar-refractivity contribution in [3.05, 3.63) is 22.4 Å². The van der Waals surface area contributed by atoms with Crippen molar-refractivity contribution in [1.82, 2.24) is 5.32 Å². The lowest BCUT2D eigenvalue weighted by Crippen LogP contribution is -2.41. The number of thiophene rings is 1. The van der Waals surface area contributed by atoms with Gasteiger partial charge < -0.3 is 5.32 Å². The minimum atomic E-state index is 0.680. The second kappa shape index (κ2) is 4.58. The standard InChI is InChI=1S/C18H25NS/c1-3-13-12-9-15(14(13)4-1)16(10-12)19-18(11-6-7-11)17-5-2-8-20-17/h2,5,8,11-16,18-19H,1,3-4,6-7,9-10H2. The van der Waals surface area contributed by atoms with Gasteiger partial charge in [0.15, 0.2) is 0 Å². The smallest absolute Gasteiger partial charge is 0.0445 e. The monoisotopic (exact) mass is 287 g/mol. The van der Waals surface area contributed by atoms with Crippen LogP contribution in [0.1, 0.15) is 55.9 Å². The van der Waals surface area contributed by atoms with Crippen molar-refractivity contribution in [1.29, 1.82) is 0 Å². The van der Waals surface area contributed by atoms with Crippen molar-refractivity contribution in [3.63, 3.8) is 0 Å². The van der Waals surface area contributed by atoms with E-state index < -0.39 is 0 Å². The molecule has 5 rings (SSSR count). The Bertz CT molecular complexity index is 478. The summed E-state index contributed by atoms with van der Waals surface area (Å²) in [6.45, 7) is 0. The molecule has 4 saturated carbocycles. The maximum Gasteiger partial charge on any atom is 0.0445 e. The van der Waals surface area contributed by atoms with Gasteiger partial charge >= 0.3 is 0 Å². The molecule has 6 atom stereocenters. The van der Waals surface area contributed by atoms with Crippen LogP contribution in [-0.2, 0) is 0 Å². The quantitative estimate of drug-likeness (QED) is 0.852.